The Balaban J connectivity index is 1.32. The molecule has 0 spiro atoms. The maximum absolute atomic E-state index is 13.2. The molecule has 0 aliphatic carbocycles. The van der Waals surface area contributed by atoms with Crippen molar-refractivity contribution in [1.29, 1.82) is 0 Å². The topological polar surface area (TPSA) is 72.0 Å². The fourth-order valence-corrected chi connectivity index (χ4v) is 6.60. The molecule has 2 fully saturated rings. The number of hydrogen-bond donors (Lipinski definition) is 0. The van der Waals surface area contributed by atoms with Gasteiger partial charge in [-0.15, -0.1) is 0 Å². The van der Waals surface area contributed by atoms with E-state index in [0.29, 0.717) is 24.9 Å². The van der Waals surface area contributed by atoms with E-state index < -0.39 is 10.0 Å². The normalized spacial score (nSPS) is 20.3. The van der Waals surface area contributed by atoms with Gasteiger partial charge in [0.1, 0.15) is 16.7 Å². The summed E-state index contributed by atoms with van der Waals surface area (Å²) in [6, 6.07) is 5.73. The van der Waals surface area contributed by atoms with Crippen LogP contribution in [0.5, 0.6) is 10.9 Å². The Morgan fingerprint density at radius 2 is 1.83 bits per heavy atom. The molecule has 9 heteroatoms. The molecular weight excluding hydrogens is 422 g/mol. The quantitative estimate of drug-likeness (QED) is 0.672. The van der Waals surface area contributed by atoms with Crippen LogP contribution in [0, 0.1) is 6.92 Å². The second kappa shape index (κ2) is 9.21. The zero-order valence-corrected chi connectivity index (χ0v) is 19.1. The zero-order valence-electron chi connectivity index (χ0n) is 17.5. The van der Waals surface area contributed by atoms with Gasteiger partial charge in [-0.05, 0) is 50.3 Å². The molecule has 1 aromatic carbocycles. The van der Waals surface area contributed by atoms with E-state index in [1.807, 2.05) is 18.4 Å². The van der Waals surface area contributed by atoms with E-state index in [4.69, 9.17) is 9.47 Å². The number of ether oxygens (including phenoxy) is 2. The SMILES string of the molecule is COc1ccc(C)cc1S(=O)(=O)N1CCC(N2CCC(Oc3nccs3)CC2)CC1. The van der Waals surface area contributed by atoms with Gasteiger partial charge in [-0.25, -0.2) is 13.4 Å². The summed E-state index contributed by atoms with van der Waals surface area (Å²) in [4.78, 5) is 6.97. The smallest absolute Gasteiger partial charge is 0.273 e. The monoisotopic (exact) mass is 451 g/mol. The maximum atomic E-state index is 13.2. The van der Waals surface area contributed by atoms with Crippen molar-refractivity contribution >= 4 is 21.4 Å². The number of aryl methyl sites for hydroxylation is 1. The van der Waals surface area contributed by atoms with Crippen molar-refractivity contribution in [2.24, 2.45) is 0 Å². The summed E-state index contributed by atoms with van der Waals surface area (Å²) in [7, 11) is -2.04. The lowest BCUT2D eigenvalue weighted by Gasteiger charge is -2.41. The standard InChI is InChI=1S/C21H29N3O4S2/c1-16-3-4-19(27-2)20(15-16)30(25,26)24-12-5-17(6-13-24)23-10-7-18(8-11-23)28-21-22-9-14-29-21/h3-4,9,14-15,17-18H,5-8,10-13H2,1-2H3. The molecule has 4 rings (SSSR count). The van der Waals surface area contributed by atoms with Crippen LogP contribution in [0.4, 0.5) is 0 Å². The number of aromatic nitrogens is 1. The van der Waals surface area contributed by atoms with E-state index in [9.17, 15) is 8.42 Å². The number of rotatable bonds is 6. The average molecular weight is 452 g/mol. The summed E-state index contributed by atoms with van der Waals surface area (Å²) >= 11 is 1.53. The third-order valence-corrected chi connectivity index (χ3v) is 8.61. The Morgan fingerprint density at radius 3 is 2.47 bits per heavy atom. The van der Waals surface area contributed by atoms with Gasteiger partial charge in [0.05, 0.1) is 7.11 Å². The van der Waals surface area contributed by atoms with E-state index >= 15 is 0 Å². The largest absolute Gasteiger partial charge is 0.495 e. The summed E-state index contributed by atoms with van der Waals surface area (Å²) in [5, 5.41) is 2.68. The van der Waals surface area contributed by atoms with Crippen LogP contribution in [0.3, 0.4) is 0 Å². The summed E-state index contributed by atoms with van der Waals surface area (Å²) in [5.74, 6) is 0.407. The molecule has 2 aliphatic heterocycles. The van der Waals surface area contributed by atoms with Gasteiger partial charge in [0.25, 0.3) is 5.19 Å². The molecule has 2 saturated heterocycles. The van der Waals surface area contributed by atoms with Gasteiger partial charge < -0.3 is 14.4 Å². The molecule has 30 heavy (non-hydrogen) atoms. The Hall–Kier alpha value is -1.68. The molecule has 7 nitrogen and oxygen atoms in total. The molecule has 0 radical (unpaired) electrons. The third-order valence-electron chi connectivity index (χ3n) is 6.03. The number of methoxy groups -OCH3 is 1. The minimum atomic E-state index is -3.56. The first-order valence-corrected chi connectivity index (χ1v) is 12.7. The molecule has 0 saturated carbocycles. The first kappa shape index (κ1) is 21.5. The van der Waals surface area contributed by atoms with Crippen LogP contribution >= 0.6 is 11.3 Å². The fourth-order valence-electron chi connectivity index (χ4n) is 4.34. The minimum Gasteiger partial charge on any atom is -0.495 e. The average Bonchev–Trinajstić information content (AvgIpc) is 3.27. The van der Waals surface area contributed by atoms with Gasteiger partial charge in [-0.2, -0.15) is 4.31 Å². The van der Waals surface area contributed by atoms with Crippen LogP contribution in [0.25, 0.3) is 0 Å². The summed E-state index contributed by atoms with van der Waals surface area (Å²) in [5.41, 5.74) is 0.909. The molecule has 2 aliphatic rings. The number of thiazole rings is 1. The molecule has 0 unspecified atom stereocenters. The molecule has 0 amide bonds. The van der Waals surface area contributed by atoms with Crippen molar-refractivity contribution in [1.82, 2.24) is 14.2 Å². The molecule has 0 N–H and O–H groups in total. The summed E-state index contributed by atoms with van der Waals surface area (Å²) < 4.78 is 39.3. The van der Waals surface area contributed by atoms with Gasteiger partial charge in [0.15, 0.2) is 0 Å². The van der Waals surface area contributed by atoms with Gasteiger partial charge in [0, 0.05) is 43.8 Å². The highest BCUT2D eigenvalue weighted by molar-refractivity contribution is 7.89. The number of benzene rings is 1. The first-order valence-electron chi connectivity index (χ1n) is 10.4. The Labute approximate surface area is 182 Å². The van der Waals surface area contributed by atoms with Crippen LogP contribution in [0.2, 0.25) is 0 Å². The second-order valence-corrected chi connectivity index (χ2v) is 10.7. The van der Waals surface area contributed by atoms with Gasteiger partial charge in [-0.1, -0.05) is 17.4 Å². The van der Waals surface area contributed by atoms with Gasteiger partial charge >= 0.3 is 0 Å². The molecular formula is C21H29N3O4S2. The zero-order chi connectivity index (χ0) is 21.1. The number of likely N-dealkylation sites (tertiary alicyclic amines) is 1. The molecule has 3 heterocycles. The lowest BCUT2D eigenvalue weighted by atomic mass is 10.00. The lowest BCUT2D eigenvalue weighted by molar-refractivity contribution is 0.0584. The lowest BCUT2D eigenvalue weighted by Crippen LogP contribution is -2.50. The van der Waals surface area contributed by atoms with Crippen LogP contribution in [-0.4, -0.2) is 68.0 Å². The predicted molar refractivity (Wildman–Crippen MR) is 117 cm³/mol. The number of hydrogen-bond acceptors (Lipinski definition) is 7. The minimum absolute atomic E-state index is 0.224. The van der Waals surface area contributed by atoms with Crippen molar-refractivity contribution in [3.05, 3.63) is 35.3 Å². The van der Waals surface area contributed by atoms with Gasteiger partial charge in [-0.3, -0.25) is 0 Å². The Kier molecular flexibility index (Phi) is 6.62. The fraction of sp³-hybridized carbons (Fsp3) is 0.571. The summed E-state index contributed by atoms with van der Waals surface area (Å²) in [6.45, 7) is 4.95. The van der Waals surface area contributed by atoms with Crippen molar-refractivity contribution in [3.63, 3.8) is 0 Å². The van der Waals surface area contributed by atoms with E-state index in [0.717, 1.165) is 49.5 Å². The molecule has 0 atom stereocenters. The maximum Gasteiger partial charge on any atom is 0.273 e. The highest BCUT2D eigenvalue weighted by atomic mass is 32.2. The van der Waals surface area contributed by atoms with E-state index in [1.54, 1.807) is 22.6 Å². The van der Waals surface area contributed by atoms with Crippen molar-refractivity contribution < 1.29 is 17.9 Å². The van der Waals surface area contributed by atoms with Crippen LogP contribution in [0.1, 0.15) is 31.2 Å². The van der Waals surface area contributed by atoms with Crippen LogP contribution in [0.15, 0.2) is 34.7 Å². The number of nitrogens with zero attached hydrogens (tertiary/aromatic N) is 3. The van der Waals surface area contributed by atoms with Crippen LogP contribution in [-0.2, 0) is 10.0 Å². The Bertz CT molecular complexity index is 933. The van der Waals surface area contributed by atoms with Crippen LogP contribution < -0.4 is 9.47 Å². The predicted octanol–water partition coefficient (Wildman–Crippen LogP) is 3.16. The van der Waals surface area contributed by atoms with Crippen molar-refractivity contribution in [3.8, 4) is 10.9 Å². The number of sulfonamides is 1. The van der Waals surface area contributed by atoms with E-state index in [-0.39, 0.29) is 11.0 Å². The molecule has 2 aromatic rings. The molecule has 164 valence electrons. The highest BCUT2D eigenvalue weighted by Crippen LogP contribution is 2.31. The summed E-state index contributed by atoms with van der Waals surface area (Å²) in [6.07, 6.45) is 5.67. The van der Waals surface area contributed by atoms with E-state index in [1.165, 1.54) is 18.4 Å². The van der Waals surface area contributed by atoms with Gasteiger partial charge in [0.2, 0.25) is 10.0 Å². The highest BCUT2D eigenvalue weighted by Gasteiger charge is 2.34. The van der Waals surface area contributed by atoms with Crippen molar-refractivity contribution in [2.75, 3.05) is 33.3 Å². The first-order chi connectivity index (χ1) is 14.5. The third kappa shape index (κ3) is 4.64. The van der Waals surface area contributed by atoms with Crippen molar-refractivity contribution in [2.45, 2.75) is 49.6 Å². The van der Waals surface area contributed by atoms with E-state index in [2.05, 4.69) is 9.88 Å². The second-order valence-electron chi connectivity index (χ2n) is 7.94. The molecule has 0 bridgehead atoms. The Morgan fingerprint density at radius 1 is 1.10 bits per heavy atom. The number of piperidine rings is 2. The molecule has 1 aromatic heterocycles.